The molecule has 1 amide bonds. The molecule has 6 nitrogen and oxygen atoms in total. The van der Waals surface area contributed by atoms with Gasteiger partial charge in [0.05, 0.1) is 11.7 Å². The summed E-state index contributed by atoms with van der Waals surface area (Å²) in [7, 11) is 3.82. The van der Waals surface area contributed by atoms with E-state index in [1.165, 1.54) is 16.5 Å². The monoisotopic (exact) mass is 337 g/mol. The molecule has 1 saturated heterocycles. The first-order chi connectivity index (χ1) is 12.1. The number of hydrogen-bond donors (Lipinski definition) is 2. The SMILES string of the molecule is CN1C(=O)CC[C@@H](NCc2cccc3cc[nH]c23)[C@@H]1c1ccnn1C. The first kappa shape index (κ1) is 15.9. The largest absolute Gasteiger partial charge is 0.361 e. The number of H-pyrrole nitrogens is 1. The highest BCUT2D eigenvalue weighted by Gasteiger charge is 2.35. The Morgan fingerprint density at radius 1 is 1.28 bits per heavy atom. The Hall–Kier alpha value is -2.60. The average Bonchev–Trinajstić information content (AvgIpc) is 3.25. The van der Waals surface area contributed by atoms with E-state index >= 15 is 0 Å². The summed E-state index contributed by atoms with van der Waals surface area (Å²) in [6.07, 6.45) is 5.17. The van der Waals surface area contributed by atoms with Crippen LogP contribution in [0.4, 0.5) is 0 Å². The molecule has 0 aliphatic carbocycles. The topological polar surface area (TPSA) is 66.0 Å². The summed E-state index contributed by atoms with van der Waals surface area (Å²) in [6, 6.07) is 10.6. The molecule has 1 fully saturated rings. The second kappa shape index (κ2) is 6.37. The lowest BCUT2D eigenvalue weighted by molar-refractivity contribution is -0.136. The van der Waals surface area contributed by atoms with E-state index in [1.54, 1.807) is 6.20 Å². The number of carbonyl (C=O) groups excluding carboxylic acids is 1. The fourth-order valence-electron chi connectivity index (χ4n) is 3.87. The van der Waals surface area contributed by atoms with Gasteiger partial charge in [0.25, 0.3) is 0 Å². The number of para-hydroxylation sites is 1. The molecule has 4 rings (SSSR count). The van der Waals surface area contributed by atoms with Crippen molar-refractivity contribution in [3.63, 3.8) is 0 Å². The Labute approximate surface area is 146 Å². The van der Waals surface area contributed by atoms with Gasteiger partial charge >= 0.3 is 0 Å². The molecule has 3 heterocycles. The van der Waals surface area contributed by atoms with E-state index in [-0.39, 0.29) is 18.0 Å². The minimum Gasteiger partial charge on any atom is -0.361 e. The molecule has 1 aromatic carbocycles. The maximum Gasteiger partial charge on any atom is 0.222 e. The normalized spacial score (nSPS) is 21.2. The van der Waals surface area contributed by atoms with Crippen LogP contribution >= 0.6 is 0 Å². The Kier molecular flexibility index (Phi) is 4.05. The van der Waals surface area contributed by atoms with Crippen molar-refractivity contribution in [2.45, 2.75) is 31.5 Å². The molecule has 3 aromatic rings. The zero-order valence-electron chi connectivity index (χ0n) is 14.6. The molecule has 0 unspecified atom stereocenters. The summed E-state index contributed by atoms with van der Waals surface area (Å²) in [4.78, 5) is 17.4. The summed E-state index contributed by atoms with van der Waals surface area (Å²) in [5.74, 6) is 0.190. The second-order valence-electron chi connectivity index (χ2n) is 6.71. The number of nitrogens with zero attached hydrogens (tertiary/aromatic N) is 3. The van der Waals surface area contributed by atoms with Crippen LogP contribution in [-0.4, -0.2) is 38.7 Å². The standard InChI is InChI=1S/C19H23N5O/c1-23-17(25)7-6-15(19(23)16-9-11-22-24(16)2)21-12-14-5-3-4-13-8-10-20-18(13)14/h3-5,8-11,15,19-21H,6-7,12H2,1-2H3/t15-,19-/m1/s1. The molecule has 130 valence electrons. The summed E-state index contributed by atoms with van der Waals surface area (Å²) in [5.41, 5.74) is 3.48. The van der Waals surface area contributed by atoms with Crippen LogP contribution in [0.25, 0.3) is 10.9 Å². The molecule has 2 atom stereocenters. The Balaban J connectivity index is 1.58. The van der Waals surface area contributed by atoms with Crippen LogP contribution in [0.1, 0.15) is 30.1 Å². The van der Waals surface area contributed by atoms with Gasteiger partial charge in [-0.05, 0) is 29.5 Å². The number of carbonyl (C=O) groups is 1. The molecule has 0 saturated carbocycles. The molecule has 0 spiro atoms. The number of likely N-dealkylation sites (N-methyl/N-ethyl adjacent to an activating group) is 1. The van der Waals surface area contributed by atoms with Crippen LogP contribution < -0.4 is 5.32 Å². The smallest absolute Gasteiger partial charge is 0.222 e. The van der Waals surface area contributed by atoms with Crippen molar-refractivity contribution in [3.05, 3.63) is 54.0 Å². The number of piperidine rings is 1. The summed E-state index contributed by atoms with van der Waals surface area (Å²) < 4.78 is 1.86. The van der Waals surface area contributed by atoms with Gasteiger partial charge in [-0.1, -0.05) is 18.2 Å². The van der Waals surface area contributed by atoms with Gasteiger partial charge in [-0.25, -0.2) is 0 Å². The molecule has 0 bridgehead atoms. The van der Waals surface area contributed by atoms with Gasteiger partial charge in [0, 0.05) is 51.0 Å². The third kappa shape index (κ3) is 2.82. The van der Waals surface area contributed by atoms with Crippen LogP contribution in [0.15, 0.2) is 42.7 Å². The van der Waals surface area contributed by atoms with Crippen molar-refractivity contribution in [2.75, 3.05) is 7.05 Å². The van der Waals surface area contributed by atoms with Gasteiger partial charge < -0.3 is 15.2 Å². The van der Waals surface area contributed by atoms with E-state index in [0.29, 0.717) is 6.42 Å². The van der Waals surface area contributed by atoms with Crippen molar-refractivity contribution in [2.24, 2.45) is 7.05 Å². The third-order valence-electron chi connectivity index (χ3n) is 5.25. The quantitative estimate of drug-likeness (QED) is 0.768. The van der Waals surface area contributed by atoms with Gasteiger partial charge in [0.2, 0.25) is 5.91 Å². The van der Waals surface area contributed by atoms with Gasteiger partial charge in [0.1, 0.15) is 0 Å². The number of benzene rings is 1. The van der Waals surface area contributed by atoms with Crippen molar-refractivity contribution < 1.29 is 4.79 Å². The van der Waals surface area contributed by atoms with E-state index in [2.05, 4.69) is 39.7 Å². The Morgan fingerprint density at radius 2 is 2.16 bits per heavy atom. The van der Waals surface area contributed by atoms with Crippen LogP contribution in [-0.2, 0) is 18.4 Å². The van der Waals surface area contributed by atoms with Gasteiger partial charge in [-0.2, -0.15) is 5.10 Å². The lowest BCUT2D eigenvalue weighted by atomic mass is 9.93. The number of rotatable bonds is 4. The fraction of sp³-hybridized carbons (Fsp3) is 0.368. The van der Waals surface area contributed by atoms with Crippen LogP contribution in [0, 0.1) is 0 Å². The number of amides is 1. The number of aromatic nitrogens is 3. The first-order valence-electron chi connectivity index (χ1n) is 8.67. The number of fused-ring (bicyclic) bond motifs is 1. The van der Waals surface area contributed by atoms with E-state index in [9.17, 15) is 4.79 Å². The molecule has 1 aliphatic heterocycles. The fourth-order valence-corrected chi connectivity index (χ4v) is 3.87. The van der Waals surface area contributed by atoms with Crippen molar-refractivity contribution in [3.8, 4) is 0 Å². The highest BCUT2D eigenvalue weighted by Crippen LogP contribution is 2.31. The van der Waals surface area contributed by atoms with Crippen molar-refractivity contribution in [1.82, 2.24) is 25.0 Å². The minimum atomic E-state index is -0.00315. The average molecular weight is 337 g/mol. The molecule has 6 heteroatoms. The van der Waals surface area contributed by atoms with E-state index in [0.717, 1.165) is 18.7 Å². The van der Waals surface area contributed by atoms with Crippen LogP contribution in [0.3, 0.4) is 0 Å². The summed E-state index contributed by atoms with van der Waals surface area (Å²) in [5, 5.41) is 9.19. The maximum atomic E-state index is 12.2. The predicted molar refractivity (Wildman–Crippen MR) is 96.9 cm³/mol. The molecular formula is C19H23N5O. The van der Waals surface area contributed by atoms with Gasteiger partial charge in [0.15, 0.2) is 0 Å². The van der Waals surface area contributed by atoms with E-state index in [4.69, 9.17) is 0 Å². The molecule has 2 N–H and O–H groups in total. The number of aromatic amines is 1. The molecular weight excluding hydrogens is 314 g/mol. The van der Waals surface area contributed by atoms with E-state index in [1.807, 2.05) is 35.9 Å². The number of likely N-dealkylation sites (tertiary alicyclic amines) is 1. The minimum absolute atomic E-state index is 0.00315. The lowest BCUT2D eigenvalue weighted by Gasteiger charge is -2.39. The molecule has 1 aliphatic rings. The zero-order valence-corrected chi connectivity index (χ0v) is 14.6. The van der Waals surface area contributed by atoms with Crippen molar-refractivity contribution >= 4 is 16.8 Å². The maximum absolute atomic E-state index is 12.2. The van der Waals surface area contributed by atoms with Gasteiger partial charge in [-0.15, -0.1) is 0 Å². The molecule has 2 aromatic heterocycles. The van der Waals surface area contributed by atoms with Crippen LogP contribution in [0.2, 0.25) is 0 Å². The number of nitrogens with one attached hydrogen (secondary N) is 2. The summed E-state index contributed by atoms with van der Waals surface area (Å²) in [6.45, 7) is 0.763. The highest BCUT2D eigenvalue weighted by atomic mass is 16.2. The number of hydrogen-bond acceptors (Lipinski definition) is 3. The Morgan fingerprint density at radius 3 is 2.96 bits per heavy atom. The number of aryl methyl sites for hydroxylation is 1. The summed E-state index contributed by atoms with van der Waals surface area (Å²) >= 11 is 0. The first-order valence-corrected chi connectivity index (χ1v) is 8.67. The Bertz CT molecular complexity index is 896. The zero-order chi connectivity index (χ0) is 17.4. The highest BCUT2D eigenvalue weighted by molar-refractivity contribution is 5.82. The third-order valence-corrected chi connectivity index (χ3v) is 5.25. The molecule has 0 radical (unpaired) electrons. The van der Waals surface area contributed by atoms with E-state index < -0.39 is 0 Å². The van der Waals surface area contributed by atoms with Crippen molar-refractivity contribution in [1.29, 1.82) is 0 Å². The lowest BCUT2D eigenvalue weighted by Crippen LogP contribution is -2.49. The predicted octanol–water partition coefficient (Wildman–Crippen LogP) is 2.35. The second-order valence-corrected chi connectivity index (χ2v) is 6.71. The van der Waals surface area contributed by atoms with Crippen LogP contribution in [0.5, 0.6) is 0 Å². The van der Waals surface area contributed by atoms with Gasteiger partial charge in [-0.3, -0.25) is 9.48 Å². The molecule has 25 heavy (non-hydrogen) atoms.